The fourth-order valence-electron chi connectivity index (χ4n) is 2.98. The van der Waals surface area contributed by atoms with Crippen LogP contribution in [0.25, 0.3) is 10.9 Å². The Bertz CT molecular complexity index is 960. The molecule has 2 aromatic carbocycles. The van der Waals surface area contributed by atoms with Crippen molar-refractivity contribution < 1.29 is 17.9 Å². The molecular weight excluding hydrogens is 369 g/mol. The van der Waals surface area contributed by atoms with Crippen LogP contribution in [0.5, 0.6) is 5.75 Å². The Labute approximate surface area is 161 Å². The first-order chi connectivity index (χ1) is 13.3. The molecule has 0 spiro atoms. The number of fused-ring (bicyclic) bond motifs is 1. The van der Waals surface area contributed by atoms with E-state index < -0.39 is 12.0 Å². The third-order valence-corrected chi connectivity index (χ3v) is 4.42. The Morgan fingerprint density at radius 1 is 1.07 bits per heavy atom. The Balaban J connectivity index is 1.94. The van der Waals surface area contributed by atoms with Gasteiger partial charge in [0, 0.05) is 11.9 Å². The fraction of sp³-hybridized carbons (Fsp3) is 0.300. The first-order valence-electron chi connectivity index (χ1n) is 8.68. The number of nitrogens with zero attached hydrogens (tertiary/aromatic N) is 3. The van der Waals surface area contributed by atoms with Gasteiger partial charge in [0.05, 0.1) is 18.7 Å². The van der Waals surface area contributed by atoms with Gasteiger partial charge in [0.1, 0.15) is 11.6 Å². The van der Waals surface area contributed by atoms with Crippen molar-refractivity contribution in [3.63, 3.8) is 0 Å². The number of methoxy groups -OCH3 is 1. The number of rotatable bonds is 6. The number of ether oxygens (including phenoxy) is 1. The maximum Gasteiger partial charge on any atom is 0.451 e. The van der Waals surface area contributed by atoms with E-state index in [0.29, 0.717) is 11.9 Å². The summed E-state index contributed by atoms with van der Waals surface area (Å²) < 4.78 is 44.9. The first kappa shape index (κ1) is 19.9. The summed E-state index contributed by atoms with van der Waals surface area (Å²) in [6.45, 7) is 0.360. The van der Waals surface area contributed by atoms with Crippen molar-refractivity contribution in [2.75, 3.05) is 33.1 Å². The zero-order valence-corrected chi connectivity index (χ0v) is 15.8. The topological polar surface area (TPSA) is 50.3 Å². The second kappa shape index (κ2) is 8.02. The van der Waals surface area contributed by atoms with Gasteiger partial charge in [-0.2, -0.15) is 13.2 Å². The van der Waals surface area contributed by atoms with Gasteiger partial charge in [0.25, 0.3) is 0 Å². The van der Waals surface area contributed by atoms with E-state index in [1.54, 1.807) is 31.4 Å². The maximum atomic E-state index is 13.2. The summed E-state index contributed by atoms with van der Waals surface area (Å²) in [6, 6.07) is 14.1. The molecule has 0 saturated heterocycles. The summed E-state index contributed by atoms with van der Waals surface area (Å²) in [4.78, 5) is 9.37. The highest BCUT2D eigenvalue weighted by Crippen LogP contribution is 2.31. The minimum Gasteiger partial charge on any atom is -0.497 e. The zero-order chi connectivity index (χ0) is 20.3. The molecule has 148 valence electrons. The van der Waals surface area contributed by atoms with E-state index in [1.165, 1.54) is 0 Å². The Kier molecular flexibility index (Phi) is 5.69. The summed E-state index contributed by atoms with van der Waals surface area (Å²) in [5.41, 5.74) is 1.22. The van der Waals surface area contributed by atoms with Crippen molar-refractivity contribution in [3.05, 3.63) is 59.9 Å². The van der Waals surface area contributed by atoms with Gasteiger partial charge < -0.3 is 15.0 Å². The van der Waals surface area contributed by atoms with Crippen molar-refractivity contribution >= 4 is 16.7 Å². The summed E-state index contributed by atoms with van der Waals surface area (Å²) in [6.07, 6.45) is -4.62. The van der Waals surface area contributed by atoms with E-state index >= 15 is 0 Å². The number of alkyl halides is 3. The van der Waals surface area contributed by atoms with Gasteiger partial charge in [0.15, 0.2) is 0 Å². The van der Waals surface area contributed by atoms with Gasteiger partial charge in [-0.15, -0.1) is 0 Å². The Hall–Kier alpha value is -2.87. The van der Waals surface area contributed by atoms with Crippen LogP contribution < -0.4 is 10.1 Å². The molecule has 3 aromatic rings. The molecule has 1 heterocycles. The largest absolute Gasteiger partial charge is 0.497 e. The van der Waals surface area contributed by atoms with Crippen LogP contribution in [0.4, 0.5) is 19.0 Å². The second-order valence-electron chi connectivity index (χ2n) is 6.55. The highest BCUT2D eigenvalue weighted by atomic mass is 19.4. The van der Waals surface area contributed by atoms with Gasteiger partial charge in [-0.05, 0) is 43.9 Å². The molecule has 1 aromatic heterocycles. The number of benzene rings is 2. The lowest BCUT2D eigenvalue weighted by Gasteiger charge is -2.26. The van der Waals surface area contributed by atoms with Gasteiger partial charge >= 0.3 is 6.18 Å². The smallest absolute Gasteiger partial charge is 0.451 e. The molecule has 0 aliphatic rings. The molecular formula is C20H21F3N4O. The standard InChI is InChI=1S/C20H21F3N4O/c1-27(2)17(13-7-6-8-14(11-13)28-3)12-24-18-15-9-4-5-10-16(15)25-19(26-18)20(21,22)23/h4-11,17H,12H2,1-3H3,(H,24,25,26)/t17-/m1/s1. The number of hydrogen-bond donors (Lipinski definition) is 1. The summed E-state index contributed by atoms with van der Waals surface area (Å²) in [7, 11) is 5.41. The average molecular weight is 390 g/mol. The van der Waals surface area contributed by atoms with Crippen molar-refractivity contribution in [3.8, 4) is 5.75 Å². The second-order valence-corrected chi connectivity index (χ2v) is 6.55. The number of aromatic nitrogens is 2. The summed E-state index contributed by atoms with van der Waals surface area (Å²) in [5.74, 6) is -0.277. The zero-order valence-electron chi connectivity index (χ0n) is 15.8. The molecule has 5 nitrogen and oxygen atoms in total. The predicted molar refractivity (Wildman–Crippen MR) is 102 cm³/mol. The van der Waals surface area contributed by atoms with Gasteiger partial charge in [-0.3, -0.25) is 0 Å². The molecule has 0 aliphatic heterocycles. The van der Waals surface area contributed by atoms with Crippen LogP contribution in [0, 0.1) is 0 Å². The molecule has 0 unspecified atom stereocenters. The Morgan fingerprint density at radius 3 is 2.50 bits per heavy atom. The lowest BCUT2D eigenvalue weighted by molar-refractivity contribution is -0.144. The highest BCUT2D eigenvalue weighted by molar-refractivity contribution is 5.89. The van der Waals surface area contributed by atoms with Crippen molar-refractivity contribution in [1.82, 2.24) is 14.9 Å². The third-order valence-electron chi connectivity index (χ3n) is 4.42. The molecule has 28 heavy (non-hydrogen) atoms. The van der Waals surface area contributed by atoms with E-state index in [4.69, 9.17) is 4.74 Å². The number of nitrogens with one attached hydrogen (secondary N) is 1. The van der Waals surface area contributed by atoms with Gasteiger partial charge in [-0.25, -0.2) is 9.97 Å². The number of para-hydroxylation sites is 1. The van der Waals surface area contributed by atoms with E-state index in [9.17, 15) is 13.2 Å². The molecule has 0 bridgehead atoms. The maximum absolute atomic E-state index is 13.2. The molecule has 1 N–H and O–H groups in total. The monoisotopic (exact) mass is 390 g/mol. The predicted octanol–water partition coefficient (Wildman–Crippen LogP) is 4.37. The minimum absolute atomic E-state index is 0.0989. The number of anilines is 1. The van der Waals surface area contributed by atoms with Crippen LogP contribution in [0.3, 0.4) is 0 Å². The summed E-state index contributed by atoms with van der Waals surface area (Å²) in [5, 5.41) is 3.62. The molecule has 8 heteroatoms. The molecule has 0 aliphatic carbocycles. The Morgan fingerprint density at radius 2 is 1.82 bits per heavy atom. The average Bonchev–Trinajstić information content (AvgIpc) is 2.67. The van der Waals surface area contributed by atoms with E-state index in [2.05, 4.69) is 15.3 Å². The molecule has 0 saturated carbocycles. The number of likely N-dealkylation sites (N-methyl/N-ethyl adjacent to an activating group) is 1. The number of halogens is 3. The van der Waals surface area contributed by atoms with Gasteiger partial charge in [-0.1, -0.05) is 24.3 Å². The SMILES string of the molecule is COc1cccc([C@@H](CNc2nc(C(F)(F)F)nc3ccccc23)N(C)C)c1. The lowest BCUT2D eigenvalue weighted by Crippen LogP contribution is -2.27. The lowest BCUT2D eigenvalue weighted by atomic mass is 10.1. The quantitative estimate of drug-likeness (QED) is 0.677. The van der Waals surface area contributed by atoms with Crippen LogP contribution in [0.15, 0.2) is 48.5 Å². The third kappa shape index (κ3) is 4.33. The van der Waals surface area contributed by atoms with E-state index in [-0.39, 0.29) is 17.4 Å². The van der Waals surface area contributed by atoms with Crippen LogP contribution in [-0.2, 0) is 6.18 Å². The molecule has 0 amide bonds. The van der Waals surface area contributed by atoms with Crippen molar-refractivity contribution in [1.29, 1.82) is 0 Å². The normalized spacial score (nSPS) is 13.0. The van der Waals surface area contributed by atoms with Crippen LogP contribution in [0.2, 0.25) is 0 Å². The van der Waals surface area contributed by atoms with E-state index in [1.807, 2.05) is 43.3 Å². The first-order valence-corrected chi connectivity index (χ1v) is 8.68. The minimum atomic E-state index is -4.62. The molecule has 3 rings (SSSR count). The fourth-order valence-corrected chi connectivity index (χ4v) is 2.98. The van der Waals surface area contributed by atoms with Gasteiger partial charge in [0.2, 0.25) is 5.82 Å². The van der Waals surface area contributed by atoms with Crippen LogP contribution in [-0.4, -0.2) is 42.6 Å². The van der Waals surface area contributed by atoms with Crippen LogP contribution >= 0.6 is 0 Å². The van der Waals surface area contributed by atoms with Crippen molar-refractivity contribution in [2.45, 2.75) is 12.2 Å². The molecule has 1 atom stereocenters. The van der Waals surface area contributed by atoms with E-state index in [0.717, 1.165) is 11.3 Å². The van der Waals surface area contributed by atoms with Crippen molar-refractivity contribution in [2.24, 2.45) is 0 Å². The molecule has 0 radical (unpaired) electrons. The highest BCUT2D eigenvalue weighted by Gasteiger charge is 2.35. The van der Waals surface area contributed by atoms with Crippen LogP contribution in [0.1, 0.15) is 17.4 Å². The number of hydrogen-bond acceptors (Lipinski definition) is 5. The summed E-state index contributed by atoms with van der Waals surface area (Å²) >= 11 is 0. The molecule has 0 fully saturated rings.